The van der Waals surface area contributed by atoms with Crippen molar-refractivity contribution in [1.29, 1.82) is 0 Å². The number of carbonyl (C=O) groups excluding carboxylic acids is 1. The largest absolute Gasteiger partial charge is 0.492 e. The van der Waals surface area contributed by atoms with Crippen molar-refractivity contribution < 1.29 is 13.9 Å². The van der Waals surface area contributed by atoms with E-state index in [9.17, 15) is 9.18 Å². The summed E-state index contributed by atoms with van der Waals surface area (Å²) in [6.45, 7) is 7.95. The Balaban J connectivity index is 0.00000450. The fourth-order valence-electron chi connectivity index (χ4n) is 2.58. The van der Waals surface area contributed by atoms with E-state index < -0.39 is 0 Å². The van der Waals surface area contributed by atoms with Gasteiger partial charge >= 0.3 is 0 Å². The van der Waals surface area contributed by atoms with Crippen LogP contribution < -0.4 is 10.1 Å². The molecule has 2 aromatic rings. The Morgan fingerprint density at radius 1 is 1.30 bits per heavy atom. The lowest BCUT2D eigenvalue weighted by Gasteiger charge is -2.16. The minimum absolute atomic E-state index is 0. The maximum absolute atomic E-state index is 13.5. The number of thiophene rings is 1. The first-order chi connectivity index (χ1) is 14.1. The molecular formula is C22H30ClFN2O2S2. The van der Waals surface area contributed by atoms with Gasteiger partial charge < -0.3 is 10.1 Å². The summed E-state index contributed by atoms with van der Waals surface area (Å²) in [7, 11) is 0. The number of amides is 1. The zero-order valence-corrected chi connectivity index (χ0v) is 19.9. The zero-order chi connectivity index (χ0) is 20.9. The first kappa shape index (κ1) is 26.5. The fraction of sp³-hybridized carbons (Fsp3) is 0.409. The third kappa shape index (κ3) is 9.98. The normalized spacial score (nSPS) is 10.9. The van der Waals surface area contributed by atoms with Crippen LogP contribution in [-0.2, 0) is 17.1 Å². The average molecular weight is 473 g/mol. The minimum atomic E-state index is -0.230. The molecule has 1 N–H and O–H groups in total. The summed E-state index contributed by atoms with van der Waals surface area (Å²) in [5, 5.41) is 4.77. The first-order valence-corrected chi connectivity index (χ1v) is 11.8. The van der Waals surface area contributed by atoms with Crippen LogP contribution in [0.2, 0.25) is 0 Å². The predicted molar refractivity (Wildman–Crippen MR) is 128 cm³/mol. The molecule has 0 bridgehead atoms. The van der Waals surface area contributed by atoms with Gasteiger partial charge in [-0.15, -0.1) is 35.5 Å². The third-order valence-electron chi connectivity index (χ3n) is 4.27. The Bertz CT molecular complexity index is 782. The Hall–Kier alpha value is -1.54. The second-order valence-electron chi connectivity index (χ2n) is 6.40. The summed E-state index contributed by atoms with van der Waals surface area (Å²) in [5.74, 6) is 1.35. The number of thioether (sulfide) groups is 1. The van der Waals surface area contributed by atoms with Crippen molar-refractivity contribution in [2.24, 2.45) is 0 Å². The maximum Gasteiger partial charge on any atom is 0.233 e. The lowest BCUT2D eigenvalue weighted by molar-refractivity contribution is -0.117. The van der Waals surface area contributed by atoms with Gasteiger partial charge in [0.15, 0.2) is 0 Å². The van der Waals surface area contributed by atoms with Crippen LogP contribution >= 0.6 is 35.5 Å². The number of nitrogens with zero attached hydrogens (tertiary/aromatic N) is 1. The van der Waals surface area contributed by atoms with E-state index in [1.54, 1.807) is 35.7 Å². The van der Waals surface area contributed by atoms with E-state index in [0.29, 0.717) is 30.1 Å². The fourth-order valence-corrected chi connectivity index (χ4v) is 4.25. The summed E-state index contributed by atoms with van der Waals surface area (Å²) < 4.78 is 19.3. The highest BCUT2D eigenvalue weighted by molar-refractivity contribution is 7.99. The number of nitrogens with one attached hydrogen (secondary N) is 1. The van der Waals surface area contributed by atoms with Crippen molar-refractivity contribution in [3.05, 3.63) is 64.2 Å². The van der Waals surface area contributed by atoms with E-state index >= 15 is 0 Å². The molecule has 0 saturated heterocycles. The molecule has 0 saturated carbocycles. The Morgan fingerprint density at radius 2 is 2.07 bits per heavy atom. The zero-order valence-electron chi connectivity index (χ0n) is 17.4. The van der Waals surface area contributed by atoms with E-state index in [2.05, 4.69) is 30.1 Å². The molecule has 4 nitrogen and oxygen atoms in total. The summed E-state index contributed by atoms with van der Waals surface area (Å²) in [4.78, 5) is 15.5. The minimum Gasteiger partial charge on any atom is -0.492 e. The van der Waals surface area contributed by atoms with E-state index in [1.807, 2.05) is 11.5 Å². The van der Waals surface area contributed by atoms with Crippen molar-refractivity contribution in [2.75, 3.05) is 25.4 Å². The Morgan fingerprint density at radius 3 is 2.80 bits per heavy atom. The van der Waals surface area contributed by atoms with Crippen LogP contribution in [-0.4, -0.2) is 36.3 Å². The summed E-state index contributed by atoms with van der Waals surface area (Å²) in [5.41, 5.74) is 0.617. The van der Waals surface area contributed by atoms with E-state index in [1.165, 1.54) is 22.7 Å². The molecule has 0 aliphatic heterocycles. The molecule has 0 unspecified atom stereocenters. The molecule has 166 valence electrons. The van der Waals surface area contributed by atoms with Crippen LogP contribution in [0.3, 0.4) is 0 Å². The first-order valence-electron chi connectivity index (χ1n) is 9.80. The van der Waals surface area contributed by atoms with Gasteiger partial charge in [-0.3, -0.25) is 9.69 Å². The van der Waals surface area contributed by atoms with Gasteiger partial charge in [-0.05, 0) is 37.0 Å². The number of ether oxygens (including phenoxy) is 1. The van der Waals surface area contributed by atoms with Gasteiger partial charge in [-0.1, -0.05) is 38.1 Å². The van der Waals surface area contributed by atoms with Gasteiger partial charge in [0.25, 0.3) is 0 Å². The van der Waals surface area contributed by atoms with E-state index in [-0.39, 0.29) is 24.1 Å². The molecule has 0 fully saturated rings. The van der Waals surface area contributed by atoms with E-state index in [0.717, 1.165) is 25.4 Å². The third-order valence-corrected chi connectivity index (χ3v) is 6.15. The molecule has 1 aromatic heterocycles. The van der Waals surface area contributed by atoms with Gasteiger partial charge in [0.1, 0.15) is 11.6 Å². The van der Waals surface area contributed by atoms with Gasteiger partial charge in [0.05, 0.1) is 12.4 Å². The maximum atomic E-state index is 13.5. The summed E-state index contributed by atoms with van der Waals surface area (Å²) in [6, 6.07) is 8.73. The van der Waals surface area contributed by atoms with Crippen molar-refractivity contribution >= 4 is 41.4 Å². The SMILES string of the molecule is CCN(CC)Cc1cc(OCC/C=C\NC(=O)CSCc2ccccc2F)cs1.Cl. The van der Waals surface area contributed by atoms with Crippen LogP contribution in [0.5, 0.6) is 5.75 Å². The second-order valence-corrected chi connectivity index (χ2v) is 8.38. The average Bonchev–Trinajstić information content (AvgIpc) is 3.17. The van der Waals surface area contributed by atoms with Crippen molar-refractivity contribution in [2.45, 2.75) is 32.6 Å². The lowest BCUT2D eigenvalue weighted by Crippen LogP contribution is -2.21. The molecule has 1 amide bonds. The molecule has 0 radical (unpaired) electrons. The standard InChI is InChI=1S/C22H29FN2O2S2.ClH/c1-3-25(4-2)14-20-13-19(16-29-20)27-12-8-7-11-24-22(26)17-28-15-18-9-5-6-10-21(18)23;/h5-7,9-11,13,16H,3-4,8,12,14-15,17H2,1-2H3,(H,24,26);1H/b11-7-;. The van der Waals surface area contributed by atoms with Crippen molar-refractivity contribution in [3.8, 4) is 5.75 Å². The van der Waals surface area contributed by atoms with E-state index in [4.69, 9.17) is 4.74 Å². The molecule has 2 rings (SSSR count). The molecular weight excluding hydrogens is 443 g/mol. The predicted octanol–water partition coefficient (Wildman–Crippen LogP) is 5.48. The highest BCUT2D eigenvalue weighted by Crippen LogP contribution is 2.23. The second kappa shape index (κ2) is 15.3. The van der Waals surface area contributed by atoms with Gasteiger partial charge in [0, 0.05) is 29.0 Å². The molecule has 0 aliphatic carbocycles. The molecule has 30 heavy (non-hydrogen) atoms. The quantitative estimate of drug-likeness (QED) is 0.392. The van der Waals surface area contributed by atoms with Gasteiger partial charge in [0.2, 0.25) is 5.91 Å². The summed E-state index contributed by atoms with van der Waals surface area (Å²) in [6.07, 6.45) is 4.24. The van der Waals surface area contributed by atoms with Crippen LogP contribution in [0.1, 0.15) is 30.7 Å². The van der Waals surface area contributed by atoms with Gasteiger partial charge in [-0.2, -0.15) is 0 Å². The Labute approximate surface area is 193 Å². The molecule has 1 heterocycles. The summed E-state index contributed by atoms with van der Waals surface area (Å²) >= 11 is 3.11. The number of carbonyl (C=O) groups is 1. The van der Waals surface area contributed by atoms with Crippen LogP contribution in [0.15, 0.2) is 48.0 Å². The smallest absolute Gasteiger partial charge is 0.233 e. The van der Waals surface area contributed by atoms with Crippen molar-refractivity contribution in [3.63, 3.8) is 0 Å². The van der Waals surface area contributed by atoms with Crippen LogP contribution in [0, 0.1) is 5.82 Å². The molecule has 0 spiro atoms. The highest BCUT2D eigenvalue weighted by atomic mass is 35.5. The number of rotatable bonds is 13. The van der Waals surface area contributed by atoms with Crippen LogP contribution in [0.4, 0.5) is 4.39 Å². The Kier molecular flexibility index (Phi) is 13.5. The topological polar surface area (TPSA) is 41.6 Å². The monoisotopic (exact) mass is 472 g/mol. The van der Waals surface area contributed by atoms with Crippen molar-refractivity contribution in [1.82, 2.24) is 10.2 Å². The number of halogens is 2. The number of hydrogen-bond acceptors (Lipinski definition) is 5. The molecule has 0 aliphatic rings. The number of hydrogen-bond donors (Lipinski definition) is 1. The molecule has 0 atom stereocenters. The number of benzene rings is 1. The lowest BCUT2D eigenvalue weighted by atomic mass is 10.2. The molecule has 1 aromatic carbocycles. The van der Waals surface area contributed by atoms with Gasteiger partial charge in [-0.25, -0.2) is 4.39 Å². The highest BCUT2D eigenvalue weighted by Gasteiger charge is 2.05. The van der Waals surface area contributed by atoms with Crippen LogP contribution in [0.25, 0.3) is 0 Å². The molecule has 8 heteroatoms.